The maximum absolute atomic E-state index is 11.3. The number of carbonyl (C=O) groups is 1. The molecule has 7 nitrogen and oxygen atoms in total. The Morgan fingerprint density at radius 1 is 0.972 bits per heavy atom. The average molecular weight is 515 g/mol. The van der Waals surface area contributed by atoms with Crippen LogP contribution < -0.4 is 4.74 Å². The number of carbonyl (C=O) groups excluding carboxylic acids is 1. The maximum atomic E-state index is 11.3. The van der Waals surface area contributed by atoms with E-state index in [1.807, 2.05) is 58.0 Å². The first-order chi connectivity index (χ1) is 17.1. The summed E-state index contributed by atoms with van der Waals surface area (Å²) in [5.41, 5.74) is 3.16. The molecule has 2 aromatic carbocycles. The van der Waals surface area contributed by atoms with Crippen LogP contribution in [0.3, 0.4) is 0 Å². The van der Waals surface area contributed by atoms with Gasteiger partial charge in [-0.2, -0.15) is 0 Å². The van der Waals surface area contributed by atoms with Crippen LogP contribution in [-0.2, 0) is 34.9 Å². The van der Waals surface area contributed by atoms with E-state index in [9.17, 15) is 4.79 Å². The highest BCUT2D eigenvalue weighted by Crippen LogP contribution is 2.43. The van der Waals surface area contributed by atoms with Crippen molar-refractivity contribution in [2.24, 2.45) is 0 Å². The number of hydrogen-bond acceptors (Lipinski definition) is 8. The lowest BCUT2D eigenvalue weighted by molar-refractivity contribution is -0.362. The minimum Gasteiger partial charge on any atom is -0.461 e. The molecule has 3 heterocycles. The van der Waals surface area contributed by atoms with Crippen LogP contribution in [0.25, 0.3) is 11.1 Å². The zero-order valence-corrected chi connectivity index (χ0v) is 22.2. The predicted octanol–water partition coefficient (Wildman–Crippen LogP) is 4.95. The molecule has 0 aliphatic carbocycles. The molecule has 5 rings (SSSR count). The Bertz CT molecular complexity index is 1100. The molecule has 2 aromatic rings. The van der Waals surface area contributed by atoms with Gasteiger partial charge in [0.2, 0.25) is 6.29 Å². The molecule has 3 fully saturated rings. The first-order valence-corrected chi connectivity index (χ1v) is 13.4. The molecule has 3 aliphatic rings. The highest BCUT2D eigenvalue weighted by molar-refractivity contribution is 8.13. The lowest BCUT2D eigenvalue weighted by Crippen LogP contribution is -2.64. The summed E-state index contributed by atoms with van der Waals surface area (Å²) in [4.78, 5) is 11.3. The fourth-order valence-electron chi connectivity index (χ4n) is 4.98. The molecule has 0 bridgehead atoms. The predicted molar refractivity (Wildman–Crippen MR) is 137 cm³/mol. The van der Waals surface area contributed by atoms with Crippen molar-refractivity contribution < 1.29 is 33.2 Å². The van der Waals surface area contributed by atoms with Gasteiger partial charge in [0.1, 0.15) is 24.1 Å². The third-order valence-corrected chi connectivity index (χ3v) is 7.33. The summed E-state index contributed by atoms with van der Waals surface area (Å²) in [7, 11) is 0. The van der Waals surface area contributed by atoms with Crippen LogP contribution in [-0.4, -0.2) is 59.8 Å². The SMILES string of the molecule is CC(=O)SCCc1cccc(-c2ccccc2O[C@H]2O[C@@H]3COC(C)(C)O[C@H]3[C@@H]3OC(C)(C)O[C@H]23)c1. The molecule has 8 heteroatoms. The second-order valence-electron chi connectivity index (χ2n) is 10.3. The van der Waals surface area contributed by atoms with Crippen LogP contribution in [0.1, 0.15) is 40.2 Å². The summed E-state index contributed by atoms with van der Waals surface area (Å²) < 4.78 is 37.5. The lowest BCUT2D eigenvalue weighted by atomic mass is 9.97. The van der Waals surface area contributed by atoms with Gasteiger partial charge >= 0.3 is 0 Å². The van der Waals surface area contributed by atoms with Crippen LogP contribution in [0.15, 0.2) is 48.5 Å². The summed E-state index contributed by atoms with van der Waals surface area (Å²) in [6, 6.07) is 16.2. The van der Waals surface area contributed by atoms with E-state index in [-0.39, 0.29) is 23.4 Å². The first kappa shape index (κ1) is 25.7. The van der Waals surface area contributed by atoms with Gasteiger partial charge in [0.15, 0.2) is 22.8 Å². The Balaban J connectivity index is 1.38. The summed E-state index contributed by atoms with van der Waals surface area (Å²) in [6.45, 7) is 9.56. The molecule has 36 heavy (non-hydrogen) atoms. The zero-order valence-electron chi connectivity index (χ0n) is 21.4. The van der Waals surface area contributed by atoms with Gasteiger partial charge in [-0.05, 0) is 51.3 Å². The molecule has 3 aliphatic heterocycles. The molecule has 0 N–H and O–H groups in total. The normalized spacial score (nSPS) is 30.3. The average Bonchev–Trinajstić information content (AvgIpc) is 3.15. The van der Waals surface area contributed by atoms with E-state index >= 15 is 0 Å². The van der Waals surface area contributed by atoms with Crippen molar-refractivity contribution in [3.63, 3.8) is 0 Å². The molecule has 0 spiro atoms. The molecule has 3 saturated heterocycles. The van der Waals surface area contributed by atoms with E-state index in [2.05, 4.69) is 18.2 Å². The molecular weight excluding hydrogens is 480 g/mol. The third-order valence-electron chi connectivity index (χ3n) is 6.51. The van der Waals surface area contributed by atoms with Gasteiger partial charge in [-0.3, -0.25) is 4.79 Å². The van der Waals surface area contributed by atoms with Gasteiger partial charge in [-0.15, -0.1) is 0 Å². The van der Waals surface area contributed by atoms with Gasteiger partial charge in [-0.25, -0.2) is 0 Å². The lowest BCUT2D eigenvalue weighted by Gasteiger charge is -2.48. The van der Waals surface area contributed by atoms with Crippen LogP contribution >= 0.6 is 11.8 Å². The number of hydrogen-bond donors (Lipinski definition) is 0. The van der Waals surface area contributed by atoms with Gasteiger partial charge in [0, 0.05) is 18.2 Å². The number of rotatable bonds is 6. The van der Waals surface area contributed by atoms with E-state index in [0.29, 0.717) is 12.4 Å². The summed E-state index contributed by atoms with van der Waals surface area (Å²) in [5, 5.41) is 0.136. The summed E-state index contributed by atoms with van der Waals surface area (Å²) in [5.74, 6) is -0.0557. The second kappa shape index (κ2) is 10.1. The molecule has 0 saturated carbocycles. The fraction of sp³-hybridized carbons (Fsp3) is 0.536. The van der Waals surface area contributed by atoms with Crippen molar-refractivity contribution in [3.05, 3.63) is 54.1 Å². The standard InChI is InChI=1S/C28H34O7S/c1-17(29)36-14-13-18-9-8-10-19(15-18)20-11-6-7-12-21(20)31-26-25-24(34-28(4,5)35-25)23-22(32-26)16-30-27(2,3)33-23/h6-12,15,22-26H,13-14,16H2,1-5H3/t22-,23-,24+,25+,26+/m1/s1. The molecule has 0 amide bonds. The molecule has 0 unspecified atom stereocenters. The Hall–Kier alpha value is -1.94. The quantitative estimate of drug-likeness (QED) is 0.536. The van der Waals surface area contributed by atoms with E-state index in [0.717, 1.165) is 23.3 Å². The number of thioether (sulfide) groups is 1. The summed E-state index contributed by atoms with van der Waals surface area (Å²) in [6.07, 6.45) is -1.34. The number of para-hydroxylation sites is 1. The first-order valence-electron chi connectivity index (χ1n) is 12.4. The topological polar surface area (TPSA) is 72.5 Å². The highest BCUT2D eigenvalue weighted by Gasteiger charge is 2.59. The van der Waals surface area contributed by atoms with Crippen molar-refractivity contribution in [1.82, 2.24) is 0 Å². The largest absolute Gasteiger partial charge is 0.461 e. The number of aryl methyl sites for hydroxylation is 1. The Labute approximate surface area is 216 Å². The van der Waals surface area contributed by atoms with Crippen LogP contribution in [0.4, 0.5) is 0 Å². The second-order valence-corrected chi connectivity index (χ2v) is 11.6. The number of benzene rings is 2. The molecular formula is C28H34O7S. The van der Waals surface area contributed by atoms with Gasteiger partial charge < -0.3 is 28.4 Å². The maximum Gasteiger partial charge on any atom is 0.229 e. The van der Waals surface area contributed by atoms with Crippen LogP contribution in [0.5, 0.6) is 5.75 Å². The van der Waals surface area contributed by atoms with Crippen molar-refractivity contribution in [2.45, 2.75) is 83.3 Å². The number of fused-ring (bicyclic) bond motifs is 3. The third kappa shape index (κ3) is 5.64. The molecule has 0 aromatic heterocycles. The minimum atomic E-state index is -0.785. The Morgan fingerprint density at radius 2 is 1.72 bits per heavy atom. The van der Waals surface area contributed by atoms with Gasteiger partial charge in [0.05, 0.1) is 6.61 Å². The van der Waals surface area contributed by atoms with Crippen LogP contribution in [0, 0.1) is 0 Å². The van der Waals surface area contributed by atoms with E-state index in [4.69, 9.17) is 28.4 Å². The summed E-state index contributed by atoms with van der Waals surface area (Å²) >= 11 is 1.35. The molecule has 0 radical (unpaired) electrons. The van der Waals surface area contributed by atoms with Crippen molar-refractivity contribution in [2.75, 3.05) is 12.4 Å². The fourth-order valence-corrected chi connectivity index (χ4v) is 5.60. The van der Waals surface area contributed by atoms with Gasteiger partial charge in [0.25, 0.3) is 0 Å². The highest BCUT2D eigenvalue weighted by atomic mass is 32.2. The Morgan fingerprint density at radius 3 is 2.53 bits per heavy atom. The van der Waals surface area contributed by atoms with Crippen molar-refractivity contribution in [1.29, 1.82) is 0 Å². The monoisotopic (exact) mass is 514 g/mol. The van der Waals surface area contributed by atoms with Gasteiger partial charge in [-0.1, -0.05) is 54.2 Å². The Kier molecular flexibility index (Phi) is 7.20. The van der Waals surface area contributed by atoms with E-state index < -0.39 is 24.0 Å². The molecule has 5 atom stereocenters. The molecule has 194 valence electrons. The zero-order chi connectivity index (χ0) is 25.5. The van der Waals surface area contributed by atoms with Crippen molar-refractivity contribution in [3.8, 4) is 16.9 Å². The number of ether oxygens (including phenoxy) is 6. The van der Waals surface area contributed by atoms with Crippen LogP contribution in [0.2, 0.25) is 0 Å². The van der Waals surface area contributed by atoms with E-state index in [1.54, 1.807) is 6.92 Å². The van der Waals surface area contributed by atoms with Crippen molar-refractivity contribution >= 4 is 16.9 Å². The van der Waals surface area contributed by atoms with E-state index in [1.165, 1.54) is 17.3 Å². The smallest absolute Gasteiger partial charge is 0.229 e. The minimum absolute atomic E-state index is 0.136.